The van der Waals surface area contributed by atoms with Crippen LogP contribution in [0.3, 0.4) is 0 Å². The van der Waals surface area contributed by atoms with Gasteiger partial charge in [-0.05, 0) is 25.8 Å². The molecule has 0 unspecified atom stereocenters. The molecule has 1 aromatic carbocycles. The van der Waals surface area contributed by atoms with Crippen molar-refractivity contribution in [2.75, 3.05) is 13.1 Å². The van der Waals surface area contributed by atoms with Crippen LogP contribution in [0.25, 0.3) is 11.4 Å². The molecule has 3 heterocycles. The van der Waals surface area contributed by atoms with Crippen LogP contribution in [-0.4, -0.2) is 46.9 Å². The van der Waals surface area contributed by atoms with Gasteiger partial charge in [0.1, 0.15) is 10.6 Å². The standard InChI is InChI=1S/C19H20N4O5S/c1-13-4-6-14(7-5-13)18-21-17(28-22-18)12-27-19(24)16-10-15(11-20-16)29(25,26)23-8-2-3-9-23/h4-7,10-11,20H,2-3,8-9,12H2,1H3. The van der Waals surface area contributed by atoms with E-state index in [0.717, 1.165) is 24.0 Å². The first-order valence-corrected chi connectivity index (χ1v) is 10.6. The van der Waals surface area contributed by atoms with Crippen molar-refractivity contribution >= 4 is 16.0 Å². The Morgan fingerprint density at radius 1 is 1.24 bits per heavy atom. The number of esters is 1. The molecule has 1 aliphatic heterocycles. The van der Waals surface area contributed by atoms with Crippen molar-refractivity contribution in [2.24, 2.45) is 0 Å². The van der Waals surface area contributed by atoms with Crippen molar-refractivity contribution in [3.8, 4) is 11.4 Å². The number of benzene rings is 1. The van der Waals surface area contributed by atoms with Gasteiger partial charge in [0.25, 0.3) is 5.89 Å². The monoisotopic (exact) mass is 416 g/mol. The molecule has 29 heavy (non-hydrogen) atoms. The van der Waals surface area contributed by atoms with Crippen molar-refractivity contribution < 1.29 is 22.5 Å². The number of aromatic nitrogens is 3. The van der Waals surface area contributed by atoms with Gasteiger partial charge in [-0.2, -0.15) is 9.29 Å². The van der Waals surface area contributed by atoms with Crippen molar-refractivity contribution in [1.82, 2.24) is 19.4 Å². The number of carbonyl (C=O) groups is 1. The zero-order valence-electron chi connectivity index (χ0n) is 15.8. The molecule has 152 valence electrons. The Kier molecular flexibility index (Phi) is 5.20. The lowest BCUT2D eigenvalue weighted by molar-refractivity contribution is 0.0423. The number of rotatable bonds is 6. The Balaban J connectivity index is 1.39. The number of sulfonamides is 1. The predicted molar refractivity (Wildman–Crippen MR) is 102 cm³/mol. The minimum absolute atomic E-state index is 0.0426. The molecule has 1 saturated heterocycles. The normalized spacial score (nSPS) is 14.9. The van der Waals surface area contributed by atoms with Crippen LogP contribution in [-0.2, 0) is 21.4 Å². The highest BCUT2D eigenvalue weighted by atomic mass is 32.2. The molecule has 0 radical (unpaired) electrons. The zero-order valence-corrected chi connectivity index (χ0v) is 16.6. The van der Waals surface area contributed by atoms with Gasteiger partial charge in [0.05, 0.1) is 0 Å². The first-order valence-electron chi connectivity index (χ1n) is 9.19. The van der Waals surface area contributed by atoms with E-state index in [1.165, 1.54) is 16.6 Å². The lowest BCUT2D eigenvalue weighted by atomic mass is 10.1. The summed E-state index contributed by atoms with van der Waals surface area (Å²) in [6, 6.07) is 8.89. The summed E-state index contributed by atoms with van der Waals surface area (Å²) in [7, 11) is -3.60. The molecule has 10 heteroatoms. The number of carbonyl (C=O) groups excluding carboxylic acids is 1. The highest BCUT2D eigenvalue weighted by Crippen LogP contribution is 2.22. The Labute approximate surface area is 167 Å². The average molecular weight is 416 g/mol. The summed E-state index contributed by atoms with van der Waals surface area (Å²) in [5.74, 6) is -0.164. The summed E-state index contributed by atoms with van der Waals surface area (Å²) in [6.07, 6.45) is 2.98. The van der Waals surface area contributed by atoms with Crippen LogP contribution in [0.15, 0.2) is 45.9 Å². The van der Waals surface area contributed by atoms with Gasteiger partial charge in [0.2, 0.25) is 15.8 Å². The Bertz CT molecular complexity index is 1110. The molecule has 0 spiro atoms. The summed E-state index contributed by atoms with van der Waals surface area (Å²) in [4.78, 5) is 19.2. The number of hydrogen-bond donors (Lipinski definition) is 1. The van der Waals surface area contributed by atoms with Gasteiger partial charge in [0.15, 0.2) is 6.61 Å². The van der Waals surface area contributed by atoms with Gasteiger partial charge in [-0.3, -0.25) is 0 Å². The lowest BCUT2D eigenvalue weighted by Crippen LogP contribution is -2.27. The van der Waals surface area contributed by atoms with Crippen LogP contribution >= 0.6 is 0 Å². The number of aryl methyl sites for hydroxylation is 1. The second-order valence-electron chi connectivity index (χ2n) is 6.81. The van der Waals surface area contributed by atoms with E-state index in [0.29, 0.717) is 18.9 Å². The van der Waals surface area contributed by atoms with E-state index < -0.39 is 16.0 Å². The van der Waals surface area contributed by atoms with E-state index >= 15 is 0 Å². The van der Waals surface area contributed by atoms with Crippen LogP contribution in [0.2, 0.25) is 0 Å². The van der Waals surface area contributed by atoms with E-state index in [-0.39, 0.29) is 23.1 Å². The molecule has 0 saturated carbocycles. The molecular weight excluding hydrogens is 396 g/mol. The van der Waals surface area contributed by atoms with E-state index in [9.17, 15) is 13.2 Å². The molecule has 0 bridgehead atoms. The number of nitrogens with one attached hydrogen (secondary N) is 1. The lowest BCUT2D eigenvalue weighted by Gasteiger charge is -2.13. The van der Waals surface area contributed by atoms with Gasteiger partial charge >= 0.3 is 5.97 Å². The maximum atomic E-state index is 12.5. The second-order valence-corrected chi connectivity index (χ2v) is 8.75. The van der Waals surface area contributed by atoms with E-state index in [4.69, 9.17) is 9.26 Å². The minimum atomic E-state index is -3.60. The Morgan fingerprint density at radius 3 is 2.69 bits per heavy atom. The maximum absolute atomic E-state index is 12.5. The SMILES string of the molecule is Cc1ccc(-c2noc(COC(=O)c3cc(S(=O)(=O)N4CCCC4)c[nH]3)n2)cc1. The van der Waals surface area contributed by atoms with Crippen LogP contribution < -0.4 is 0 Å². The van der Waals surface area contributed by atoms with Gasteiger partial charge in [0, 0.05) is 24.8 Å². The molecule has 1 fully saturated rings. The molecule has 1 N–H and O–H groups in total. The fraction of sp³-hybridized carbons (Fsp3) is 0.316. The number of nitrogens with zero attached hydrogens (tertiary/aromatic N) is 3. The van der Waals surface area contributed by atoms with Crippen molar-refractivity contribution in [2.45, 2.75) is 31.3 Å². The first-order chi connectivity index (χ1) is 13.9. The Morgan fingerprint density at radius 2 is 1.97 bits per heavy atom. The van der Waals surface area contributed by atoms with Gasteiger partial charge < -0.3 is 14.2 Å². The quantitative estimate of drug-likeness (QED) is 0.613. The number of ether oxygens (including phenoxy) is 1. The smallest absolute Gasteiger partial charge is 0.355 e. The summed E-state index contributed by atoms with van der Waals surface area (Å²) in [5, 5.41) is 3.88. The molecule has 1 aliphatic rings. The Hall–Kier alpha value is -2.98. The maximum Gasteiger partial charge on any atom is 0.355 e. The van der Waals surface area contributed by atoms with Crippen LogP contribution in [0.4, 0.5) is 0 Å². The highest BCUT2D eigenvalue weighted by molar-refractivity contribution is 7.89. The summed E-state index contributed by atoms with van der Waals surface area (Å²) >= 11 is 0. The van der Waals surface area contributed by atoms with Crippen molar-refractivity contribution in [3.05, 3.63) is 53.7 Å². The minimum Gasteiger partial charge on any atom is -0.451 e. The van der Waals surface area contributed by atoms with Crippen LogP contribution in [0, 0.1) is 6.92 Å². The zero-order chi connectivity index (χ0) is 20.4. The largest absolute Gasteiger partial charge is 0.451 e. The predicted octanol–water partition coefficient (Wildman–Crippen LogP) is 2.51. The molecule has 3 aromatic rings. The fourth-order valence-corrected chi connectivity index (χ4v) is 4.57. The molecule has 9 nitrogen and oxygen atoms in total. The average Bonchev–Trinajstić information content (AvgIpc) is 3.48. The topological polar surface area (TPSA) is 118 Å². The third-order valence-electron chi connectivity index (χ3n) is 4.68. The fourth-order valence-electron chi connectivity index (χ4n) is 3.06. The van der Waals surface area contributed by atoms with Crippen molar-refractivity contribution in [3.63, 3.8) is 0 Å². The van der Waals surface area contributed by atoms with Crippen molar-refractivity contribution in [1.29, 1.82) is 0 Å². The summed E-state index contributed by atoms with van der Waals surface area (Å²) < 4.78 is 36.7. The van der Waals surface area contributed by atoms with Gasteiger partial charge in [-0.1, -0.05) is 35.0 Å². The number of H-pyrrole nitrogens is 1. The van der Waals surface area contributed by atoms with Crippen LogP contribution in [0.1, 0.15) is 34.8 Å². The summed E-state index contributed by atoms with van der Waals surface area (Å²) in [6.45, 7) is 2.75. The first kappa shape index (κ1) is 19.3. The van der Waals surface area contributed by atoms with Gasteiger partial charge in [-0.25, -0.2) is 13.2 Å². The number of hydrogen-bond acceptors (Lipinski definition) is 7. The third-order valence-corrected chi connectivity index (χ3v) is 6.56. The highest BCUT2D eigenvalue weighted by Gasteiger charge is 2.29. The number of aromatic amines is 1. The third kappa shape index (κ3) is 4.08. The molecule has 4 rings (SSSR count). The summed E-state index contributed by atoms with van der Waals surface area (Å²) in [5.41, 5.74) is 1.95. The van der Waals surface area contributed by atoms with Gasteiger partial charge in [-0.15, -0.1) is 0 Å². The van der Waals surface area contributed by atoms with E-state index in [2.05, 4.69) is 15.1 Å². The second kappa shape index (κ2) is 7.80. The molecule has 0 amide bonds. The molecule has 0 aliphatic carbocycles. The van der Waals surface area contributed by atoms with E-state index in [1.807, 2.05) is 31.2 Å². The molecular formula is C19H20N4O5S. The molecule has 0 atom stereocenters. The van der Waals surface area contributed by atoms with E-state index in [1.54, 1.807) is 0 Å². The van der Waals surface area contributed by atoms with Crippen LogP contribution in [0.5, 0.6) is 0 Å². The molecule has 2 aromatic heterocycles.